The van der Waals surface area contributed by atoms with Crippen molar-refractivity contribution in [2.75, 3.05) is 0 Å². The van der Waals surface area contributed by atoms with Crippen molar-refractivity contribution in [2.45, 2.75) is 25.3 Å². The minimum Gasteiger partial charge on any atom is -0.480 e. The van der Waals surface area contributed by atoms with Gasteiger partial charge in [-0.15, -0.1) is 0 Å². The molecule has 2 N–H and O–H groups in total. The van der Waals surface area contributed by atoms with Crippen LogP contribution in [0, 0.1) is 6.92 Å². The van der Waals surface area contributed by atoms with Gasteiger partial charge in [0.2, 0.25) is 0 Å². The summed E-state index contributed by atoms with van der Waals surface area (Å²) >= 11 is 0. The van der Waals surface area contributed by atoms with E-state index in [1.54, 1.807) is 29.1 Å². The Morgan fingerprint density at radius 1 is 1.38 bits per heavy atom. The van der Waals surface area contributed by atoms with E-state index in [4.69, 9.17) is 5.11 Å². The first-order valence-corrected chi connectivity index (χ1v) is 6.68. The molecule has 1 saturated carbocycles. The van der Waals surface area contributed by atoms with Crippen LogP contribution in [0.4, 0.5) is 0 Å². The SMILES string of the molecule is Cc1cc(C(=O)NC2(C(=O)O)CC2)ccc1-n1cccn1. The average Bonchev–Trinajstić information content (AvgIpc) is 3.03. The van der Waals surface area contributed by atoms with Crippen LogP contribution in [-0.4, -0.2) is 32.3 Å². The fourth-order valence-electron chi connectivity index (χ4n) is 2.27. The van der Waals surface area contributed by atoms with Gasteiger partial charge in [0.15, 0.2) is 0 Å². The maximum Gasteiger partial charge on any atom is 0.329 e. The lowest BCUT2D eigenvalue weighted by Crippen LogP contribution is -2.43. The Kier molecular flexibility index (Phi) is 3.01. The van der Waals surface area contributed by atoms with Crippen molar-refractivity contribution < 1.29 is 14.7 Å². The van der Waals surface area contributed by atoms with E-state index < -0.39 is 11.5 Å². The molecule has 1 aromatic heterocycles. The number of aliphatic carboxylic acids is 1. The Hall–Kier alpha value is -2.63. The molecule has 108 valence electrons. The number of nitrogens with zero attached hydrogens (tertiary/aromatic N) is 2. The first-order chi connectivity index (χ1) is 10.0. The van der Waals surface area contributed by atoms with Crippen LogP contribution in [-0.2, 0) is 4.79 Å². The molecule has 1 aliphatic rings. The third-order valence-corrected chi connectivity index (χ3v) is 3.72. The number of carboxylic acid groups (broad SMARTS) is 1. The monoisotopic (exact) mass is 285 g/mol. The fraction of sp³-hybridized carbons (Fsp3) is 0.267. The topological polar surface area (TPSA) is 84.2 Å². The van der Waals surface area contributed by atoms with Crippen molar-refractivity contribution in [3.05, 3.63) is 47.8 Å². The number of amides is 1. The zero-order valence-electron chi connectivity index (χ0n) is 11.5. The van der Waals surface area contributed by atoms with Crippen LogP contribution < -0.4 is 5.32 Å². The van der Waals surface area contributed by atoms with Gasteiger partial charge in [0.25, 0.3) is 5.91 Å². The molecule has 0 radical (unpaired) electrons. The third-order valence-electron chi connectivity index (χ3n) is 3.72. The van der Waals surface area contributed by atoms with Gasteiger partial charge in [0.1, 0.15) is 5.54 Å². The molecule has 0 atom stereocenters. The molecule has 6 nitrogen and oxygen atoms in total. The summed E-state index contributed by atoms with van der Waals surface area (Å²) in [4.78, 5) is 23.3. The van der Waals surface area contributed by atoms with Crippen molar-refractivity contribution in [3.63, 3.8) is 0 Å². The maximum absolute atomic E-state index is 12.2. The van der Waals surface area contributed by atoms with Crippen LogP contribution in [0.3, 0.4) is 0 Å². The number of carboxylic acids is 1. The summed E-state index contributed by atoms with van der Waals surface area (Å²) in [6, 6.07) is 7.04. The van der Waals surface area contributed by atoms with Gasteiger partial charge in [-0.3, -0.25) is 4.79 Å². The van der Waals surface area contributed by atoms with E-state index in [9.17, 15) is 9.59 Å². The smallest absolute Gasteiger partial charge is 0.329 e. The van der Waals surface area contributed by atoms with E-state index in [0.29, 0.717) is 18.4 Å². The van der Waals surface area contributed by atoms with Gasteiger partial charge in [-0.2, -0.15) is 5.10 Å². The number of aryl methyl sites for hydroxylation is 1. The van der Waals surface area contributed by atoms with E-state index in [1.807, 2.05) is 19.2 Å². The fourth-order valence-corrected chi connectivity index (χ4v) is 2.27. The lowest BCUT2D eigenvalue weighted by Gasteiger charge is -2.13. The number of nitrogens with one attached hydrogen (secondary N) is 1. The van der Waals surface area contributed by atoms with Crippen molar-refractivity contribution in [3.8, 4) is 5.69 Å². The van der Waals surface area contributed by atoms with Gasteiger partial charge in [-0.25, -0.2) is 9.48 Å². The highest BCUT2D eigenvalue weighted by atomic mass is 16.4. The first-order valence-electron chi connectivity index (χ1n) is 6.68. The lowest BCUT2D eigenvalue weighted by atomic mass is 10.1. The van der Waals surface area contributed by atoms with Gasteiger partial charge in [-0.1, -0.05) is 0 Å². The van der Waals surface area contributed by atoms with Gasteiger partial charge >= 0.3 is 5.97 Å². The highest BCUT2D eigenvalue weighted by Gasteiger charge is 2.51. The molecule has 2 aromatic rings. The Morgan fingerprint density at radius 2 is 2.14 bits per heavy atom. The second-order valence-electron chi connectivity index (χ2n) is 5.29. The van der Waals surface area contributed by atoms with Crippen molar-refractivity contribution >= 4 is 11.9 Å². The summed E-state index contributed by atoms with van der Waals surface area (Å²) in [5.74, 6) is -1.33. The molecular formula is C15H15N3O3. The molecule has 1 fully saturated rings. The molecule has 1 aromatic carbocycles. The summed E-state index contributed by atoms with van der Waals surface area (Å²) in [6.45, 7) is 1.89. The molecule has 1 aliphatic carbocycles. The van der Waals surface area contributed by atoms with Crippen LogP contribution >= 0.6 is 0 Å². The predicted octanol–water partition coefficient (Wildman–Crippen LogP) is 1.53. The van der Waals surface area contributed by atoms with Crippen LogP contribution in [0.25, 0.3) is 5.69 Å². The minimum atomic E-state index is -1.06. The summed E-state index contributed by atoms with van der Waals surface area (Å²) in [5.41, 5.74) is 1.17. The number of carbonyl (C=O) groups is 2. The lowest BCUT2D eigenvalue weighted by molar-refractivity contribution is -0.140. The number of rotatable bonds is 4. The quantitative estimate of drug-likeness (QED) is 0.892. The standard InChI is InChI=1S/C15H15N3O3/c1-10-9-11(3-4-12(10)18-8-2-7-16-18)13(19)17-15(5-6-15)14(20)21/h2-4,7-9H,5-6H2,1H3,(H,17,19)(H,20,21). The summed E-state index contributed by atoms with van der Waals surface area (Å²) in [6.07, 6.45) is 4.48. The Morgan fingerprint density at radius 3 is 2.67 bits per heavy atom. The second kappa shape index (κ2) is 4.73. The Labute approximate surface area is 121 Å². The third kappa shape index (κ3) is 2.40. The molecule has 1 amide bonds. The molecule has 0 saturated heterocycles. The van der Waals surface area contributed by atoms with E-state index >= 15 is 0 Å². The molecule has 0 unspecified atom stereocenters. The van der Waals surface area contributed by atoms with E-state index in [0.717, 1.165) is 11.3 Å². The van der Waals surface area contributed by atoms with Gasteiger partial charge in [0, 0.05) is 18.0 Å². The predicted molar refractivity (Wildman–Crippen MR) is 75.4 cm³/mol. The number of hydrogen-bond donors (Lipinski definition) is 2. The summed E-state index contributed by atoms with van der Waals surface area (Å²) in [7, 11) is 0. The van der Waals surface area contributed by atoms with Gasteiger partial charge in [0.05, 0.1) is 5.69 Å². The van der Waals surface area contributed by atoms with Gasteiger partial charge in [-0.05, 0) is 49.6 Å². The molecule has 0 bridgehead atoms. The van der Waals surface area contributed by atoms with Crippen LogP contribution in [0.5, 0.6) is 0 Å². The van der Waals surface area contributed by atoms with Gasteiger partial charge < -0.3 is 10.4 Å². The van der Waals surface area contributed by atoms with Crippen LogP contribution in [0.1, 0.15) is 28.8 Å². The highest BCUT2D eigenvalue weighted by molar-refractivity contribution is 5.99. The Bertz CT molecular complexity index is 703. The van der Waals surface area contributed by atoms with Crippen molar-refractivity contribution in [2.24, 2.45) is 0 Å². The van der Waals surface area contributed by atoms with Crippen LogP contribution in [0.2, 0.25) is 0 Å². The molecule has 0 aliphatic heterocycles. The number of carbonyl (C=O) groups excluding carboxylic acids is 1. The molecule has 21 heavy (non-hydrogen) atoms. The zero-order chi connectivity index (χ0) is 15.0. The van der Waals surface area contributed by atoms with Crippen LogP contribution in [0.15, 0.2) is 36.7 Å². The molecule has 6 heteroatoms. The summed E-state index contributed by atoms with van der Waals surface area (Å²) < 4.78 is 1.72. The van der Waals surface area contributed by atoms with E-state index in [2.05, 4.69) is 10.4 Å². The highest BCUT2D eigenvalue weighted by Crippen LogP contribution is 2.35. The second-order valence-corrected chi connectivity index (χ2v) is 5.29. The Balaban J connectivity index is 1.82. The van der Waals surface area contributed by atoms with E-state index in [-0.39, 0.29) is 5.91 Å². The molecule has 1 heterocycles. The van der Waals surface area contributed by atoms with E-state index in [1.165, 1.54) is 0 Å². The summed E-state index contributed by atoms with van der Waals surface area (Å²) in [5, 5.41) is 15.9. The molecule has 3 rings (SSSR count). The average molecular weight is 285 g/mol. The minimum absolute atomic E-state index is 0.356. The zero-order valence-corrected chi connectivity index (χ0v) is 11.5. The normalized spacial score (nSPS) is 15.5. The molecular weight excluding hydrogens is 270 g/mol. The number of hydrogen-bond acceptors (Lipinski definition) is 3. The maximum atomic E-state index is 12.2. The number of aromatic nitrogens is 2. The van der Waals surface area contributed by atoms with Crippen molar-refractivity contribution in [1.29, 1.82) is 0 Å². The largest absolute Gasteiger partial charge is 0.480 e. The molecule has 0 spiro atoms. The number of benzene rings is 1. The van der Waals surface area contributed by atoms with Crippen molar-refractivity contribution in [1.82, 2.24) is 15.1 Å². The first kappa shape index (κ1) is 13.4.